The van der Waals surface area contributed by atoms with Crippen LogP contribution in [0.2, 0.25) is 0 Å². The minimum absolute atomic E-state index is 0.0246. The van der Waals surface area contributed by atoms with Gasteiger partial charge in [-0.05, 0) is 41.6 Å². The fourth-order valence-corrected chi connectivity index (χ4v) is 2.92. The molecule has 2 heterocycles. The second-order valence-corrected chi connectivity index (χ2v) is 7.49. The molecule has 1 aliphatic heterocycles. The van der Waals surface area contributed by atoms with Gasteiger partial charge in [0, 0.05) is 24.1 Å². The van der Waals surface area contributed by atoms with E-state index in [0.29, 0.717) is 6.04 Å². The zero-order chi connectivity index (χ0) is 14.2. The van der Waals surface area contributed by atoms with E-state index in [1.54, 1.807) is 0 Å². The summed E-state index contributed by atoms with van der Waals surface area (Å²) in [4.78, 5) is 11.7. The van der Waals surface area contributed by atoms with Gasteiger partial charge in [0.05, 0.1) is 0 Å². The molecule has 106 valence electrons. The topological polar surface area (TPSA) is 29.0 Å². The summed E-state index contributed by atoms with van der Waals surface area (Å²) in [5.74, 6) is 2.69. The van der Waals surface area contributed by atoms with Gasteiger partial charge in [-0.3, -0.25) is 0 Å². The predicted molar refractivity (Wildman–Crippen MR) is 83.6 cm³/mol. The van der Waals surface area contributed by atoms with Crippen molar-refractivity contribution < 1.29 is 0 Å². The third kappa shape index (κ3) is 3.28. The summed E-state index contributed by atoms with van der Waals surface area (Å²) >= 11 is 3.53. The number of rotatable bonds is 1. The Hall–Kier alpha value is -0.640. The molecule has 1 aromatic heterocycles. The van der Waals surface area contributed by atoms with Crippen LogP contribution in [0, 0.1) is 5.92 Å². The van der Waals surface area contributed by atoms with Gasteiger partial charge in [-0.25, -0.2) is 9.97 Å². The summed E-state index contributed by atoms with van der Waals surface area (Å²) in [5.41, 5.74) is -0.0246. The lowest BCUT2D eigenvalue weighted by Gasteiger charge is -2.39. The maximum absolute atomic E-state index is 4.80. The van der Waals surface area contributed by atoms with Gasteiger partial charge in [0.1, 0.15) is 16.2 Å². The van der Waals surface area contributed by atoms with Gasteiger partial charge in [-0.1, -0.05) is 27.7 Å². The monoisotopic (exact) mass is 325 g/mol. The highest BCUT2D eigenvalue weighted by Gasteiger charge is 2.27. The third-order valence-electron chi connectivity index (χ3n) is 4.02. The average Bonchev–Trinajstić information content (AvgIpc) is 2.31. The molecule has 2 atom stereocenters. The number of nitrogens with zero attached hydrogens (tertiary/aromatic N) is 3. The normalized spacial score (nSPS) is 24.6. The van der Waals surface area contributed by atoms with Gasteiger partial charge in [-0.15, -0.1) is 0 Å². The first-order chi connectivity index (χ1) is 8.79. The Labute approximate surface area is 125 Å². The Morgan fingerprint density at radius 3 is 2.58 bits per heavy atom. The van der Waals surface area contributed by atoms with E-state index in [4.69, 9.17) is 4.98 Å². The van der Waals surface area contributed by atoms with E-state index >= 15 is 0 Å². The number of piperidine rings is 1. The summed E-state index contributed by atoms with van der Waals surface area (Å²) in [7, 11) is 0. The quantitative estimate of drug-likeness (QED) is 0.726. The molecule has 19 heavy (non-hydrogen) atoms. The smallest absolute Gasteiger partial charge is 0.137 e. The first-order valence-electron chi connectivity index (χ1n) is 7.11. The van der Waals surface area contributed by atoms with Crippen molar-refractivity contribution in [2.24, 2.45) is 5.92 Å². The highest BCUT2D eigenvalue weighted by Crippen LogP contribution is 2.30. The second kappa shape index (κ2) is 5.39. The molecule has 1 aliphatic rings. The first-order valence-corrected chi connectivity index (χ1v) is 7.90. The van der Waals surface area contributed by atoms with E-state index in [2.05, 4.69) is 60.4 Å². The Kier molecular flexibility index (Phi) is 4.19. The van der Waals surface area contributed by atoms with Crippen molar-refractivity contribution in [3.63, 3.8) is 0 Å². The molecule has 0 spiro atoms. The number of hydrogen-bond acceptors (Lipinski definition) is 3. The lowest BCUT2D eigenvalue weighted by Crippen LogP contribution is -2.43. The molecule has 0 aliphatic carbocycles. The molecule has 0 radical (unpaired) electrons. The maximum atomic E-state index is 4.80. The van der Waals surface area contributed by atoms with Crippen molar-refractivity contribution in [2.75, 3.05) is 11.4 Å². The fourth-order valence-electron chi connectivity index (χ4n) is 2.55. The molecule has 2 rings (SSSR count). The molecule has 3 nitrogen and oxygen atoms in total. The molecule has 0 aromatic carbocycles. The van der Waals surface area contributed by atoms with Crippen molar-refractivity contribution in [2.45, 2.75) is 58.9 Å². The SMILES string of the molecule is CC1CCCN(c2cc(Br)nc(C(C)(C)C)n2)C1C. The van der Waals surface area contributed by atoms with E-state index in [1.807, 2.05) is 6.07 Å². The molecule has 4 heteroatoms. The van der Waals surface area contributed by atoms with Crippen LogP contribution < -0.4 is 4.90 Å². The van der Waals surface area contributed by atoms with Crippen LogP contribution >= 0.6 is 15.9 Å². The maximum Gasteiger partial charge on any atom is 0.137 e. The number of anilines is 1. The van der Waals surface area contributed by atoms with Gasteiger partial charge in [0.25, 0.3) is 0 Å². The van der Waals surface area contributed by atoms with Gasteiger partial charge in [-0.2, -0.15) is 0 Å². The van der Waals surface area contributed by atoms with Gasteiger partial charge in [0.2, 0.25) is 0 Å². The lowest BCUT2D eigenvalue weighted by atomic mass is 9.92. The Bertz CT molecular complexity index is 453. The summed E-state index contributed by atoms with van der Waals surface area (Å²) in [6.45, 7) is 12.2. The molecule has 1 saturated heterocycles. The van der Waals surface area contributed by atoms with Gasteiger partial charge in [0.15, 0.2) is 0 Å². The second-order valence-electron chi connectivity index (χ2n) is 6.68. The minimum Gasteiger partial charge on any atom is -0.354 e. The average molecular weight is 326 g/mol. The van der Waals surface area contributed by atoms with Crippen LogP contribution in [-0.2, 0) is 5.41 Å². The van der Waals surface area contributed by atoms with Crippen molar-refractivity contribution in [3.8, 4) is 0 Å². The van der Waals surface area contributed by atoms with Crippen molar-refractivity contribution in [1.29, 1.82) is 0 Å². The summed E-state index contributed by atoms with van der Waals surface area (Å²) < 4.78 is 0.882. The minimum atomic E-state index is -0.0246. The third-order valence-corrected chi connectivity index (χ3v) is 4.43. The standard InChI is InChI=1S/C15H24BrN3/c1-10-7-6-8-19(11(10)2)13-9-12(16)17-14(18-13)15(3,4)5/h9-11H,6-8H2,1-5H3. The van der Waals surface area contributed by atoms with E-state index in [9.17, 15) is 0 Å². The van der Waals surface area contributed by atoms with Crippen molar-refractivity contribution in [3.05, 3.63) is 16.5 Å². The predicted octanol–water partition coefficient (Wildman–Crippen LogP) is 4.16. The first kappa shape index (κ1) is 14.8. The fraction of sp³-hybridized carbons (Fsp3) is 0.733. The molecule has 0 saturated carbocycles. The molecule has 2 unspecified atom stereocenters. The summed E-state index contributed by atoms with van der Waals surface area (Å²) in [6, 6.07) is 2.59. The summed E-state index contributed by atoms with van der Waals surface area (Å²) in [5, 5.41) is 0. The van der Waals surface area contributed by atoms with Crippen LogP contribution in [0.5, 0.6) is 0 Å². The number of aromatic nitrogens is 2. The van der Waals surface area contributed by atoms with E-state index < -0.39 is 0 Å². The highest BCUT2D eigenvalue weighted by molar-refractivity contribution is 9.10. The van der Waals surface area contributed by atoms with Crippen LogP contribution in [0.3, 0.4) is 0 Å². The van der Waals surface area contributed by atoms with Gasteiger partial charge < -0.3 is 4.90 Å². The molecular weight excluding hydrogens is 302 g/mol. The van der Waals surface area contributed by atoms with Crippen LogP contribution in [0.25, 0.3) is 0 Å². The number of halogens is 1. The van der Waals surface area contributed by atoms with Crippen molar-refractivity contribution >= 4 is 21.7 Å². The zero-order valence-corrected chi connectivity index (χ0v) is 14.2. The molecule has 1 aromatic rings. The Morgan fingerprint density at radius 1 is 1.26 bits per heavy atom. The molecule has 0 N–H and O–H groups in total. The Morgan fingerprint density at radius 2 is 1.95 bits per heavy atom. The van der Waals surface area contributed by atoms with Crippen LogP contribution in [0.15, 0.2) is 10.7 Å². The molecule has 0 bridgehead atoms. The van der Waals surface area contributed by atoms with Crippen LogP contribution in [-0.4, -0.2) is 22.6 Å². The largest absolute Gasteiger partial charge is 0.354 e. The van der Waals surface area contributed by atoms with Crippen LogP contribution in [0.4, 0.5) is 5.82 Å². The Balaban J connectivity index is 2.36. The van der Waals surface area contributed by atoms with E-state index in [1.165, 1.54) is 12.8 Å². The molecular formula is C15H24BrN3. The molecule has 0 amide bonds. The van der Waals surface area contributed by atoms with Crippen molar-refractivity contribution in [1.82, 2.24) is 9.97 Å². The molecule has 1 fully saturated rings. The lowest BCUT2D eigenvalue weighted by molar-refractivity contribution is 0.360. The number of hydrogen-bond donors (Lipinski definition) is 0. The summed E-state index contributed by atoms with van der Waals surface area (Å²) in [6.07, 6.45) is 2.56. The zero-order valence-electron chi connectivity index (χ0n) is 12.6. The van der Waals surface area contributed by atoms with Crippen LogP contribution in [0.1, 0.15) is 53.3 Å². The van der Waals surface area contributed by atoms with E-state index in [0.717, 1.165) is 28.7 Å². The highest BCUT2D eigenvalue weighted by atomic mass is 79.9. The van der Waals surface area contributed by atoms with E-state index in [-0.39, 0.29) is 5.41 Å². The van der Waals surface area contributed by atoms with Gasteiger partial charge >= 0.3 is 0 Å².